The molecule has 6 heteroatoms. The van der Waals surface area contributed by atoms with Crippen molar-refractivity contribution in [3.63, 3.8) is 0 Å². The number of carbonyl (C=O) groups excluding carboxylic acids is 3. The molecule has 2 heterocycles. The first-order valence-corrected chi connectivity index (χ1v) is 8.25. The molecule has 0 bridgehead atoms. The van der Waals surface area contributed by atoms with E-state index in [0.717, 1.165) is 12.8 Å². The lowest BCUT2D eigenvalue weighted by molar-refractivity contribution is -0.146. The first kappa shape index (κ1) is 17.0. The summed E-state index contributed by atoms with van der Waals surface area (Å²) in [5, 5.41) is 0. The van der Waals surface area contributed by atoms with Gasteiger partial charge in [0.15, 0.2) is 5.78 Å². The van der Waals surface area contributed by atoms with Gasteiger partial charge in [0.2, 0.25) is 0 Å². The van der Waals surface area contributed by atoms with Gasteiger partial charge in [0, 0.05) is 42.2 Å². The van der Waals surface area contributed by atoms with Crippen LogP contribution in [0.25, 0.3) is 0 Å². The Labute approximate surface area is 145 Å². The van der Waals surface area contributed by atoms with Crippen molar-refractivity contribution in [3.05, 3.63) is 59.4 Å². The maximum atomic E-state index is 12.6. The molecule has 1 aromatic heterocycles. The highest BCUT2D eigenvalue weighted by Crippen LogP contribution is 2.20. The van der Waals surface area contributed by atoms with Gasteiger partial charge in [0.25, 0.3) is 5.91 Å². The lowest BCUT2D eigenvalue weighted by atomic mass is 9.97. The number of ketones is 1. The first-order chi connectivity index (χ1) is 12.1. The Morgan fingerprint density at radius 1 is 1.08 bits per heavy atom. The van der Waals surface area contributed by atoms with Crippen molar-refractivity contribution in [1.82, 2.24) is 9.88 Å². The number of H-pyrrole nitrogens is 1. The number of amides is 1. The van der Waals surface area contributed by atoms with E-state index >= 15 is 0 Å². The predicted octanol–water partition coefficient (Wildman–Crippen LogP) is 2.27. The van der Waals surface area contributed by atoms with Gasteiger partial charge in [-0.15, -0.1) is 0 Å². The minimum absolute atomic E-state index is 0.0935. The van der Waals surface area contributed by atoms with Crippen molar-refractivity contribution in [1.29, 1.82) is 0 Å². The van der Waals surface area contributed by atoms with Crippen molar-refractivity contribution < 1.29 is 19.1 Å². The summed E-state index contributed by atoms with van der Waals surface area (Å²) in [5.41, 5.74) is 1.62. The molecule has 0 spiro atoms. The highest BCUT2D eigenvalue weighted by atomic mass is 16.5. The number of hydrogen-bond acceptors (Lipinski definition) is 4. The molecule has 1 fully saturated rings. The molecular formula is C19H20N2O4. The van der Waals surface area contributed by atoms with Crippen LogP contribution in [-0.2, 0) is 9.53 Å². The van der Waals surface area contributed by atoms with Crippen molar-refractivity contribution >= 4 is 17.7 Å². The highest BCUT2D eigenvalue weighted by molar-refractivity contribution is 6.09. The third-order valence-corrected chi connectivity index (χ3v) is 4.50. The molecular weight excluding hydrogens is 320 g/mol. The molecule has 0 radical (unpaired) electrons. The summed E-state index contributed by atoms with van der Waals surface area (Å²) in [5.74, 6) is -0.764. The molecule has 130 valence electrons. The normalized spacial score (nSPS) is 17.2. The Hall–Kier alpha value is -2.89. The Morgan fingerprint density at radius 3 is 2.44 bits per heavy atom. The van der Waals surface area contributed by atoms with E-state index in [9.17, 15) is 14.4 Å². The summed E-state index contributed by atoms with van der Waals surface area (Å²) in [6.45, 7) is 0.992. The highest BCUT2D eigenvalue weighted by Gasteiger charge is 2.29. The smallest absolute Gasteiger partial charge is 0.310 e. The fourth-order valence-electron chi connectivity index (χ4n) is 3.10. The third kappa shape index (κ3) is 3.63. The maximum Gasteiger partial charge on any atom is 0.310 e. The fraction of sp³-hybridized carbons (Fsp3) is 0.316. The van der Waals surface area contributed by atoms with Crippen molar-refractivity contribution in [2.75, 3.05) is 20.2 Å². The number of aromatic amines is 1. The molecule has 1 atom stereocenters. The first-order valence-electron chi connectivity index (χ1n) is 8.25. The molecule has 6 nitrogen and oxygen atoms in total. The second kappa shape index (κ2) is 7.34. The van der Waals surface area contributed by atoms with Crippen LogP contribution in [-0.4, -0.2) is 47.7 Å². The number of aromatic nitrogens is 1. The van der Waals surface area contributed by atoms with E-state index in [0.29, 0.717) is 29.8 Å². The Balaban J connectivity index is 1.70. The Bertz CT molecular complexity index is 765. The molecule has 1 aliphatic heterocycles. The van der Waals surface area contributed by atoms with E-state index in [1.807, 2.05) is 0 Å². The number of piperidine rings is 1. The van der Waals surface area contributed by atoms with Crippen LogP contribution in [0, 0.1) is 5.92 Å². The number of methoxy groups -OCH3 is 1. The zero-order valence-electron chi connectivity index (χ0n) is 14.0. The average Bonchev–Trinajstić information content (AvgIpc) is 3.21. The predicted molar refractivity (Wildman–Crippen MR) is 91.3 cm³/mol. The number of likely N-dealkylation sites (tertiary alicyclic amines) is 1. The number of hydrogen-bond donors (Lipinski definition) is 1. The van der Waals surface area contributed by atoms with Gasteiger partial charge in [-0.1, -0.05) is 12.1 Å². The van der Waals surface area contributed by atoms with E-state index in [1.54, 1.807) is 47.6 Å². The summed E-state index contributed by atoms with van der Waals surface area (Å²) in [6.07, 6.45) is 4.84. The number of rotatable bonds is 4. The molecule has 25 heavy (non-hydrogen) atoms. The van der Waals surface area contributed by atoms with Crippen LogP contribution < -0.4 is 0 Å². The summed E-state index contributed by atoms with van der Waals surface area (Å²) in [6, 6.07) is 8.34. The summed E-state index contributed by atoms with van der Waals surface area (Å²) in [4.78, 5) is 41.2. The average molecular weight is 340 g/mol. The minimum Gasteiger partial charge on any atom is -0.469 e. The number of nitrogens with zero attached hydrogens (tertiary/aromatic N) is 1. The molecule has 1 aromatic carbocycles. The van der Waals surface area contributed by atoms with Crippen molar-refractivity contribution in [2.24, 2.45) is 5.92 Å². The van der Waals surface area contributed by atoms with Crippen LogP contribution in [0.5, 0.6) is 0 Å². The molecule has 2 aromatic rings. The zero-order valence-corrected chi connectivity index (χ0v) is 14.0. The van der Waals surface area contributed by atoms with E-state index in [1.165, 1.54) is 7.11 Å². The quantitative estimate of drug-likeness (QED) is 0.684. The zero-order chi connectivity index (χ0) is 17.8. The van der Waals surface area contributed by atoms with Gasteiger partial charge in [-0.2, -0.15) is 0 Å². The summed E-state index contributed by atoms with van der Waals surface area (Å²) < 4.78 is 4.78. The summed E-state index contributed by atoms with van der Waals surface area (Å²) in [7, 11) is 1.36. The Kier molecular flexibility index (Phi) is 4.97. The van der Waals surface area contributed by atoms with Crippen LogP contribution in [0.3, 0.4) is 0 Å². The second-order valence-electron chi connectivity index (χ2n) is 6.12. The topological polar surface area (TPSA) is 79.5 Å². The SMILES string of the molecule is COC(=O)[C@H]1CCCN(C(=O)c2ccc(C(=O)c3cc[nH]c3)cc2)C1. The van der Waals surface area contributed by atoms with Crippen LogP contribution in [0.4, 0.5) is 0 Å². The van der Waals surface area contributed by atoms with Crippen LogP contribution >= 0.6 is 0 Å². The standard InChI is InChI=1S/C19H20N2O4/c1-25-19(24)16-3-2-10-21(12-16)18(23)14-6-4-13(5-7-14)17(22)15-8-9-20-11-15/h4-9,11,16,20H,2-3,10,12H2,1H3/t16-/m0/s1. The van der Waals surface area contributed by atoms with Gasteiger partial charge in [0.1, 0.15) is 0 Å². The lowest BCUT2D eigenvalue weighted by Gasteiger charge is -2.31. The molecule has 1 N–H and O–H groups in total. The number of carbonyl (C=O) groups is 3. The second-order valence-corrected chi connectivity index (χ2v) is 6.12. The number of nitrogens with one attached hydrogen (secondary N) is 1. The van der Waals surface area contributed by atoms with E-state index in [2.05, 4.69) is 4.98 Å². The molecule has 1 amide bonds. The minimum atomic E-state index is -0.273. The number of ether oxygens (including phenoxy) is 1. The van der Waals surface area contributed by atoms with Crippen LogP contribution in [0.2, 0.25) is 0 Å². The molecule has 0 aliphatic carbocycles. The molecule has 3 rings (SSSR count). The summed E-state index contributed by atoms with van der Waals surface area (Å²) >= 11 is 0. The van der Waals surface area contributed by atoms with Crippen molar-refractivity contribution in [3.8, 4) is 0 Å². The monoisotopic (exact) mass is 340 g/mol. The van der Waals surface area contributed by atoms with Crippen LogP contribution in [0.15, 0.2) is 42.7 Å². The maximum absolute atomic E-state index is 12.6. The van der Waals surface area contributed by atoms with E-state index in [4.69, 9.17) is 4.74 Å². The van der Waals surface area contributed by atoms with E-state index < -0.39 is 0 Å². The molecule has 0 saturated carbocycles. The van der Waals surface area contributed by atoms with Gasteiger partial charge in [0.05, 0.1) is 13.0 Å². The largest absolute Gasteiger partial charge is 0.469 e. The lowest BCUT2D eigenvalue weighted by Crippen LogP contribution is -2.42. The number of benzene rings is 1. The Morgan fingerprint density at radius 2 is 1.80 bits per heavy atom. The van der Waals surface area contributed by atoms with Gasteiger partial charge < -0.3 is 14.6 Å². The van der Waals surface area contributed by atoms with E-state index in [-0.39, 0.29) is 23.6 Å². The fourth-order valence-corrected chi connectivity index (χ4v) is 3.10. The van der Waals surface area contributed by atoms with Gasteiger partial charge in [-0.05, 0) is 31.0 Å². The van der Waals surface area contributed by atoms with Crippen molar-refractivity contribution in [2.45, 2.75) is 12.8 Å². The third-order valence-electron chi connectivity index (χ3n) is 4.50. The van der Waals surface area contributed by atoms with Gasteiger partial charge in [-0.25, -0.2) is 0 Å². The van der Waals surface area contributed by atoms with Gasteiger partial charge in [-0.3, -0.25) is 14.4 Å². The molecule has 1 aliphatic rings. The molecule has 0 unspecified atom stereocenters. The van der Waals surface area contributed by atoms with Crippen LogP contribution in [0.1, 0.15) is 39.1 Å². The molecule has 1 saturated heterocycles. The number of esters is 1. The van der Waals surface area contributed by atoms with Gasteiger partial charge >= 0.3 is 5.97 Å².